The number of hydrogen-bond acceptors (Lipinski definition) is 2. The summed E-state index contributed by atoms with van der Waals surface area (Å²) in [5, 5.41) is 11.6. The summed E-state index contributed by atoms with van der Waals surface area (Å²) < 4.78 is 0. The van der Waals surface area contributed by atoms with Crippen molar-refractivity contribution in [2.75, 3.05) is 6.61 Å². The molecule has 0 radical (unpaired) electrons. The summed E-state index contributed by atoms with van der Waals surface area (Å²) in [5.74, 6) is 0.753. The van der Waals surface area contributed by atoms with Crippen LogP contribution in [0.3, 0.4) is 0 Å². The van der Waals surface area contributed by atoms with E-state index < -0.39 is 0 Å². The second kappa shape index (κ2) is 6.83. The SMILES string of the molecule is CC(CCO)NC(=O)CC1CCCCC1. The summed E-state index contributed by atoms with van der Waals surface area (Å²) in [5.41, 5.74) is 0. The van der Waals surface area contributed by atoms with Gasteiger partial charge in [-0.15, -0.1) is 0 Å². The van der Waals surface area contributed by atoms with Crippen molar-refractivity contribution in [3.05, 3.63) is 0 Å². The zero-order valence-electron chi connectivity index (χ0n) is 9.67. The van der Waals surface area contributed by atoms with Crippen LogP contribution in [-0.2, 0) is 4.79 Å². The molecule has 1 saturated carbocycles. The van der Waals surface area contributed by atoms with Crippen LogP contribution in [0.2, 0.25) is 0 Å². The van der Waals surface area contributed by atoms with Crippen molar-refractivity contribution in [3.8, 4) is 0 Å². The maximum Gasteiger partial charge on any atom is 0.220 e. The molecule has 3 heteroatoms. The highest BCUT2D eigenvalue weighted by Gasteiger charge is 2.17. The van der Waals surface area contributed by atoms with Gasteiger partial charge in [0.1, 0.15) is 0 Å². The Morgan fingerprint density at radius 3 is 2.67 bits per heavy atom. The van der Waals surface area contributed by atoms with E-state index in [4.69, 9.17) is 5.11 Å². The number of aliphatic hydroxyl groups excluding tert-OH is 1. The number of carbonyl (C=O) groups is 1. The quantitative estimate of drug-likeness (QED) is 0.732. The predicted molar refractivity (Wildman–Crippen MR) is 60.5 cm³/mol. The first-order chi connectivity index (χ1) is 7.22. The molecule has 1 fully saturated rings. The zero-order chi connectivity index (χ0) is 11.1. The molecule has 1 atom stereocenters. The van der Waals surface area contributed by atoms with Gasteiger partial charge in [0, 0.05) is 19.1 Å². The first-order valence-corrected chi connectivity index (χ1v) is 6.12. The molecule has 1 unspecified atom stereocenters. The molecule has 3 nitrogen and oxygen atoms in total. The second-order valence-electron chi connectivity index (χ2n) is 4.69. The lowest BCUT2D eigenvalue weighted by Gasteiger charge is -2.22. The zero-order valence-corrected chi connectivity index (χ0v) is 9.67. The van der Waals surface area contributed by atoms with Crippen molar-refractivity contribution in [2.24, 2.45) is 5.92 Å². The Hall–Kier alpha value is -0.570. The minimum Gasteiger partial charge on any atom is -0.396 e. The van der Waals surface area contributed by atoms with E-state index in [-0.39, 0.29) is 18.6 Å². The van der Waals surface area contributed by atoms with Gasteiger partial charge in [0.25, 0.3) is 0 Å². The standard InChI is InChI=1S/C12H23NO2/c1-10(7-8-14)13-12(15)9-11-5-3-2-4-6-11/h10-11,14H,2-9H2,1H3,(H,13,15). The Morgan fingerprint density at radius 2 is 2.07 bits per heavy atom. The lowest BCUT2D eigenvalue weighted by atomic mass is 9.87. The molecule has 1 rings (SSSR count). The smallest absolute Gasteiger partial charge is 0.220 e. The first-order valence-electron chi connectivity index (χ1n) is 6.12. The van der Waals surface area contributed by atoms with Crippen LogP contribution in [-0.4, -0.2) is 23.7 Å². The van der Waals surface area contributed by atoms with Crippen LogP contribution in [0.5, 0.6) is 0 Å². The van der Waals surface area contributed by atoms with Gasteiger partial charge in [-0.2, -0.15) is 0 Å². The largest absolute Gasteiger partial charge is 0.396 e. The molecular weight excluding hydrogens is 190 g/mol. The van der Waals surface area contributed by atoms with Gasteiger partial charge in [0.15, 0.2) is 0 Å². The number of aliphatic hydroxyl groups is 1. The summed E-state index contributed by atoms with van der Waals surface area (Å²) in [6.07, 6.45) is 7.64. The average molecular weight is 213 g/mol. The van der Waals surface area contributed by atoms with Gasteiger partial charge in [0.2, 0.25) is 5.91 Å². The van der Waals surface area contributed by atoms with E-state index in [0.717, 1.165) is 0 Å². The minimum atomic E-state index is 0.103. The fourth-order valence-electron chi connectivity index (χ4n) is 2.25. The maximum absolute atomic E-state index is 11.6. The Kier molecular flexibility index (Phi) is 5.69. The fourth-order valence-corrected chi connectivity index (χ4v) is 2.25. The van der Waals surface area contributed by atoms with Gasteiger partial charge in [-0.25, -0.2) is 0 Å². The monoisotopic (exact) mass is 213 g/mol. The Balaban J connectivity index is 2.16. The third kappa shape index (κ3) is 5.17. The molecule has 1 amide bonds. The van der Waals surface area contributed by atoms with Crippen molar-refractivity contribution >= 4 is 5.91 Å². The third-order valence-corrected chi connectivity index (χ3v) is 3.17. The molecule has 88 valence electrons. The van der Waals surface area contributed by atoms with Crippen molar-refractivity contribution < 1.29 is 9.90 Å². The van der Waals surface area contributed by atoms with E-state index in [1.165, 1.54) is 32.1 Å². The van der Waals surface area contributed by atoms with Crippen molar-refractivity contribution in [1.82, 2.24) is 5.32 Å². The van der Waals surface area contributed by atoms with Gasteiger partial charge >= 0.3 is 0 Å². The van der Waals surface area contributed by atoms with Gasteiger partial charge in [0.05, 0.1) is 0 Å². The summed E-state index contributed by atoms with van der Waals surface area (Å²) in [6.45, 7) is 2.08. The van der Waals surface area contributed by atoms with Crippen LogP contribution in [0.4, 0.5) is 0 Å². The van der Waals surface area contributed by atoms with Crippen LogP contribution in [0.25, 0.3) is 0 Å². The van der Waals surface area contributed by atoms with Gasteiger partial charge in [-0.3, -0.25) is 4.79 Å². The predicted octanol–water partition coefficient (Wildman–Crippen LogP) is 1.84. The highest BCUT2D eigenvalue weighted by Crippen LogP contribution is 2.26. The van der Waals surface area contributed by atoms with E-state index in [1.807, 2.05) is 6.92 Å². The van der Waals surface area contributed by atoms with Crippen LogP contribution >= 0.6 is 0 Å². The van der Waals surface area contributed by atoms with Gasteiger partial charge < -0.3 is 10.4 Å². The first kappa shape index (κ1) is 12.5. The molecule has 0 aromatic carbocycles. The van der Waals surface area contributed by atoms with E-state index in [2.05, 4.69) is 5.32 Å². The van der Waals surface area contributed by atoms with Crippen molar-refractivity contribution in [2.45, 2.75) is 57.9 Å². The lowest BCUT2D eigenvalue weighted by Crippen LogP contribution is -2.34. The molecule has 2 N–H and O–H groups in total. The molecule has 0 bridgehead atoms. The topological polar surface area (TPSA) is 49.3 Å². The van der Waals surface area contributed by atoms with E-state index in [1.54, 1.807) is 0 Å². The molecule has 0 saturated heterocycles. The summed E-state index contributed by atoms with van der Waals surface area (Å²) in [4.78, 5) is 11.6. The maximum atomic E-state index is 11.6. The molecule has 1 aliphatic carbocycles. The number of amides is 1. The van der Waals surface area contributed by atoms with Crippen LogP contribution in [0, 0.1) is 5.92 Å². The molecule has 0 spiro atoms. The molecule has 0 heterocycles. The summed E-state index contributed by atoms with van der Waals surface area (Å²) in [6, 6.07) is 0.103. The number of carbonyl (C=O) groups excluding carboxylic acids is 1. The van der Waals surface area contributed by atoms with Gasteiger partial charge in [-0.1, -0.05) is 19.3 Å². The fraction of sp³-hybridized carbons (Fsp3) is 0.917. The molecule has 0 aliphatic heterocycles. The average Bonchev–Trinajstić information content (AvgIpc) is 2.19. The number of rotatable bonds is 5. The Bertz CT molecular complexity index is 188. The van der Waals surface area contributed by atoms with Crippen molar-refractivity contribution in [3.63, 3.8) is 0 Å². The summed E-state index contributed by atoms with van der Waals surface area (Å²) in [7, 11) is 0. The number of hydrogen-bond donors (Lipinski definition) is 2. The van der Waals surface area contributed by atoms with Crippen LogP contribution in [0.1, 0.15) is 51.9 Å². The highest BCUT2D eigenvalue weighted by molar-refractivity contribution is 5.76. The third-order valence-electron chi connectivity index (χ3n) is 3.17. The molecule has 15 heavy (non-hydrogen) atoms. The number of nitrogens with one attached hydrogen (secondary N) is 1. The van der Waals surface area contributed by atoms with E-state index >= 15 is 0 Å². The Labute approximate surface area is 92.3 Å². The minimum absolute atomic E-state index is 0.103. The van der Waals surface area contributed by atoms with Crippen LogP contribution in [0.15, 0.2) is 0 Å². The Morgan fingerprint density at radius 1 is 1.40 bits per heavy atom. The normalized spacial score (nSPS) is 19.9. The summed E-state index contributed by atoms with van der Waals surface area (Å²) >= 11 is 0. The van der Waals surface area contributed by atoms with E-state index in [0.29, 0.717) is 18.8 Å². The molecule has 0 aromatic rings. The molecule has 0 aromatic heterocycles. The van der Waals surface area contributed by atoms with E-state index in [9.17, 15) is 4.79 Å². The van der Waals surface area contributed by atoms with Crippen LogP contribution < -0.4 is 5.32 Å². The van der Waals surface area contributed by atoms with Crippen molar-refractivity contribution in [1.29, 1.82) is 0 Å². The highest BCUT2D eigenvalue weighted by atomic mass is 16.3. The molecule has 1 aliphatic rings. The lowest BCUT2D eigenvalue weighted by molar-refractivity contribution is -0.122. The second-order valence-corrected chi connectivity index (χ2v) is 4.69. The molecular formula is C12H23NO2. The van der Waals surface area contributed by atoms with Gasteiger partial charge in [-0.05, 0) is 32.1 Å².